The summed E-state index contributed by atoms with van der Waals surface area (Å²) in [5.41, 5.74) is 4.71. The number of rotatable bonds is 14. The fourth-order valence-corrected chi connectivity index (χ4v) is 5.29. The Labute approximate surface area is 254 Å². The van der Waals surface area contributed by atoms with Crippen LogP contribution in [0.25, 0.3) is 33.4 Å². The van der Waals surface area contributed by atoms with Gasteiger partial charge in [0.15, 0.2) is 34.5 Å². The van der Waals surface area contributed by atoms with Crippen LogP contribution in [0.1, 0.15) is 20.8 Å². The van der Waals surface area contributed by atoms with Crippen molar-refractivity contribution in [1.29, 1.82) is 0 Å². The van der Waals surface area contributed by atoms with Crippen LogP contribution in [0.3, 0.4) is 0 Å². The lowest BCUT2D eigenvalue weighted by Crippen LogP contribution is -2.06. The molecule has 0 aliphatic carbocycles. The van der Waals surface area contributed by atoms with Crippen molar-refractivity contribution in [3.05, 3.63) is 60.7 Å². The Morgan fingerprint density at radius 1 is 0.395 bits per heavy atom. The highest BCUT2D eigenvalue weighted by Gasteiger charge is 2.30. The summed E-state index contributed by atoms with van der Waals surface area (Å²) in [6.07, 6.45) is 0. The van der Waals surface area contributed by atoms with Crippen molar-refractivity contribution in [3.8, 4) is 79.4 Å². The summed E-state index contributed by atoms with van der Waals surface area (Å²) in [7, 11) is 8.04. The van der Waals surface area contributed by atoms with Crippen LogP contribution in [-0.2, 0) is 0 Å². The first-order valence-corrected chi connectivity index (χ1v) is 14.2. The van der Waals surface area contributed by atoms with Gasteiger partial charge in [0.25, 0.3) is 0 Å². The molecule has 0 radical (unpaired) electrons. The van der Waals surface area contributed by atoms with Gasteiger partial charge in [0, 0.05) is 27.8 Å². The van der Waals surface area contributed by atoms with E-state index in [0.717, 1.165) is 33.4 Å². The van der Waals surface area contributed by atoms with Gasteiger partial charge < -0.3 is 37.9 Å². The maximum atomic E-state index is 6.40. The largest absolute Gasteiger partial charge is 0.493 e. The molecule has 0 fully saturated rings. The predicted molar refractivity (Wildman–Crippen MR) is 169 cm³/mol. The molecule has 0 N–H and O–H groups in total. The average Bonchev–Trinajstić information content (AvgIpc) is 3.04. The van der Waals surface area contributed by atoms with Crippen molar-refractivity contribution in [2.45, 2.75) is 20.8 Å². The first-order valence-electron chi connectivity index (χ1n) is 14.2. The highest BCUT2D eigenvalue weighted by Crippen LogP contribution is 2.57. The van der Waals surface area contributed by atoms with E-state index in [4.69, 9.17) is 37.9 Å². The third kappa shape index (κ3) is 5.95. The van der Waals surface area contributed by atoms with Gasteiger partial charge in [-0.05, 0) is 56.7 Å². The van der Waals surface area contributed by atoms with Gasteiger partial charge in [-0.1, -0.05) is 30.3 Å². The van der Waals surface area contributed by atoms with E-state index in [0.29, 0.717) is 65.8 Å². The summed E-state index contributed by atoms with van der Waals surface area (Å²) in [6.45, 7) is 7.18. The van der Waals surface area contributed by atoms with Crippen molar-refractivity contribution in [2.75, 3.05) is 55.4 Å². The number of para-hydroxylation sites is 2. The lowest BCUT2D eigenvalue weighted by atomic mass is 9.85. The van der Waals surface area contributed by atoms with Crippen LogP contribution in [0.4, 0.5) is 0 Å². The Morgan fingerprint density at radius 2 is 0.977 bits per heavy atom. The summed E-state index contributed by atoms with van der Waals surface area (Å²) in [5.74, 6) is 4.51. The molecule has 0 atom stereocenters. The summed E-state index contributed by atoms with van der Waals surface area (Å²) in [4.78, 5) is 0. The van der Waals surface area contributed by atoms with Gasteiger partial charge in [0.1, 0.15) is 5.75 Å². The van der Waals surface area contributed by atoms with Crippen LogP contribution >= 0.6 is 0 Å². The van der Waals surface area contributed by atoms with E-state index in [1.165, 1.54) is 0 Å². The third-order valence-electron chi connectivity index (χ3n) is 6.96. The summed E-state index contributed by atoms with van der Waals surface area (Å²) >= 11 is 0. The fourth-order valence-electron chi connectivity index (χ4n) is 5.29. The van der Waals surface area contributed by atoms with E-state index >= 15 is 0 Å². The van der Waals surface area contributed by atoms with E-state index < -0.39 is 0 Å². The fraction of sp³-hybridized carbons (Fsp3) is 0.314. The van der Waals surface area contributed by atoms with E-state index in [9.17, 15) is 0 Å². The molecular weight excluding hydrogens is 548 g/mol. The Hall–Kier alpha value is -4.72. The van der Waals surface area contributed by atoms with Gasteiger partial charge in [0.05, 0.1) is 55.4 Å². The third-order valence-corrected chi connectivity index (χ3v) is 6.96. The molecule has 0 amide bonds. The van der Waals surface area contributed by atoms with Crippen LogP contribution in [0.5, 0.6) is 46.0 Å². The van der Waals surface area contributed by atoms with Gasteiger partial charge in [-0.2, -0.15) is 0 Å². The molecule has 0 saturated carbocycles. The van der Waals surface area contributed by atoms with Crippen molar-refractivity contribution < 1.29 is 37.9 Å². The Kier molecular flexibility index (Phi) is 10.5. The predicted octanol–water partition coefficient (Wildman–Crippen LogP) is 7.93. The molecule has 0 aromatic heterocycles. The molecular formula is C35H40O8. The second-order valence-electron chi connectivity index (χ2n) is 9.22. The van der Waals surface area contributed by atoms with Gasteiger partial charge in [-0.25, -0.2) is 0 Å². The van der Waals surface area contributed by atoms with E-state index in [1.807, 2.05) is 81.4 Å². The number of hydrogen-bond acceptors (Lipinski definition) is 8. The maximum Gasteiger partial charge on any atom is 0.203 e. The van der Waals surface area contributed by atoms with E-state index in [1.54, 1.807) is 35.5 Å². The van der Waals surface area contributed by atoms with Crippen LogP contribution in [0.15, 0.2) is 60.7 Å². The number of benzene rings is 4. The van der Waals surface area contributed by atoms with Gasteiger partial charge >= 0.3 is 0 Å². The SMILES string of the molecule is CCOc1ccccc1-c1c(OCC)c(OCC)cc(-c2cccc(OC)c2OC)c1-c1ccc(OC)c(OC)c1OC. The van der Waals surface area contributed by atoms with Crippen molar-refractivity contribution in [1.82, 2.24) is 0 Å². The van der Waals surface area contributed by atoms with Crippen LogP contribution in [0, 0.1) is 0 Å². The zero-order valence-corrected chi connectivity index (χ0v) is 26.2. The Morgan fingerprint density at radius 3 is 1.60 bits per heavy atom. The van der Waals surface area contributed by atoms with Crippen molar-refractivity contribution >= 4 is 0 Å². The molecule has 0 unspecified atom stereocenters. The molecule has 0 saturated heterocycles. The molecule has 4 aromatic rings. The first kappa shape index (κ1) is 31.2. The summed E-state index contributed by atoms with van der Waals surface area (Å²) < 4.78 is 47.9. The quantitative estimate of drug-likeness (QED) is 0.147. The topological polar surface area (TPSA) is 73.8 Å². The minimum absolute atomic E-state index is 0.411. The lowest BCUT2D eigenvalue weighted by Gasteiger charge is -2.26. The second kappa shape index (κ2) is 14.4. The average molecular weight is 589 g/mol. The molecule has 4 aromatic carbocycles. The lowest BCUT2D eigenvalue weighted by molar-refractivity contribution is 0.288. The zero-order chi connectivity index (χ0) is 30.9. The molecule has 8 heteroatoms. The Balaban J connectivity index is 2.33. The van der Waals surface area contributed by atoms with Crippen LogP contribution in [-0.4, -0.2) is 55.4 Å². The van der Waals surface area contributed by atoms with E-state index in [-0.39, 0.29) is 0 Å². The van der Waals surface area contributed by atoms with Crippen molar-refractivity contribution in [3.63, 3.8) is 0 Å². The van der Waals surface area contributed by atoms with Crippen molar-refractivity contribution in [2.24, 2.45) is 0 Å². The number of ether oxygens (including phenoxy) is 8. The van der Waals surface area contributed by atoms with Gasteiger partial charge in [-0.3, -0.25) is 0 Å². The van der Waals surface area contributed by atoms with Gasteiger partial charge in [-0.15, -0.1) is 0 Å². The zero-order valence-electron chi connectivity index (χ0n) is 26.2. The second-order valence-corrected chi connectivity index (χ2v) is 9.22. The highest BCUT2D eigenvalue weighted by molar-refractivity contribution is 6.03. The standard InChI is InChI=1S/C35H40O8/c1-9-41-26-17-13-12-15-23(26)31-30(24-19-20-28(37-5)35(40-8)33(24)39-7)25(21-29(42-10-2)34(31)43-11-3)22-16-14-18-27(36-4)32(22)38-6/h12-21H,9-11H2,1-8H3. The number of hydrogen-bond donors (Lipinski definition) is 0. The molecule has 228 valence electrons. The van der Waals surface area contributed by atoms with E-state index in [2.05, 4.69) is 0 Å². The normalized spacial score (nSPS) is 10.6. The molecule has 0 aliphatic heterocycles. The molecule has 43 heavy (non-hydrogen) atoms. The van der Waals surface area contributed by atoms with Gasteiger partial charge in [0.2, 0.25) is 5.75 Å². The Bertz CT molecular complexity index is 1550. The minimum Gasteiger partial charge on any atom is -0.493 e. The highest BCUT2D eigenvalue weighted by atomic mass is 16.5. The van der Waals surface area contributed by atoms with Crippen LogP contribution in [0.2, 0.25) is 0 Å². The summed E-state index contributed by atoms with van der Waals surface area (Å²) in [6, 6.07) is 19.5. The molecule has 0 spiro atoms. The molecule has 0 heterocycles. The molecule has 4 rings (SSSR count). The smallest absolute Gasteiger partial charge is 0.203 e. The summed E-state index contributed by atoms with van der Waals surface area (Å²) in [5, 5.41) is 0. The first-order chi connectivity index (χ1) is 21.0. The molecule has 0 bridgehead atoms. The minimum atomic E-state index is 0.411. The monoisotopic (exact) mass is 588 g/mol. The maximum absolute atomic E-state index is 6.40. The molecule has 0 aliphatic rings. The van der Waals surface area contributed by atoms with Crippen LogP contribution < -0.4 is 37.9 Å². The number of methoxy groups -OCH3 is 5. The molecule has 8 nitrogen and oxygen atoms in total.